The van der Waals surface area contributed by atoms with Gasteiger partial charge in [-0.25, -0.2) is 9.78 Å². The lowest BCUT2D eigenvalue weighted by Gasteiger charge is -2.11. The largest absolute Gasteiger partial charge is 0.449 e. The fourth-order valence-electron chi connectivity index (χ4n) is 1.68. The molecule has 0 unspecified atom stereocenters. The second-order valence-corrected chi connectivity index (χ2v) is 6.17. The van der Waals surface area contributed by atoms with Crippen LogP contribution >= 0.6 is 27.5 Å². The Morgan fingerprint density at radius 1 is 1.25 bits per heavy atom. The van der Waals surface area contributed by atoms with E-state index in [4.69, 9.17) is 16.3 Å². The molecule has 0 saturated heterocycles. The summed E-state index contributed by atoms with van der Waals surface area (Å²) in [6.45, 7) is 1.48. The van der Waals surface area contributed by atoms with Crippen LogP contribution in [0.1, 0.15) is 12.5 Å². The minimum Gasteiger partial charge on any atom is -0.449 e. The van der Waals surface area contributed by atoms with E-state index in [0.29, 0.717) is 10.8 Å². The van der Waals surface area contributed by atoms with Crippen molar-refractivity contribution in [2.45, 2.75) is 13.0 Å². The van der Waals surface area contributed by atoms with E-state index in [1.807, 2.05) is 24.3 Å². The zero-order chi connectivity index (χ0) is 17.5. The summed E-state index contributed by atoms with van der Waals surface area (Å²) in [7, 11) is 0. The fourth-order valence-corrected chi connectivity index (χ4v) is 2.06. The van der Waals surface area contributed by atoms with E-state index >= 15 is 0 Å². The number of benzene rings is 1. The molecule has 124 valence electrons. The van der Waals surface area contributed by atoms with Crippen molar-refractivity contribution in [2.75, 3.05) is 5.32 Å². The third-order valence-electron chi connectivity index (χ3n) is 2.92. The van der Waals surface area contributed by atoms with Crippen molar-refractivity contribution in [2.24, 2.45) is 0 Å². The SMILES string of the molecule is C[C@H](OC(=O)/C=C/c1ccc(Br)cc1)C(=O)Nc1ccc(Cl)cn1. The number of nitrogens with zero attached hydrogens (tertiary/aromatic N) is 1. The molecule has 0 saturated carbocycles. The molecule has 0 aliphatic rings. The Morgan fingerprint density at radius 2 is 1.96 bits per heavy atom. The maximum atomic E-state index is 12.0. The topological polar surface area (TPSA) is 68.3 Å². The number of ether oxygens (including phenoxy) is 1. The third kappa shape index (κ3) is 5.79. The van der Waals surface area contributed by atoms with Gasteiger partial charge in [0, 0.05) is 16.7 Å². The van der Waals surface area contributed by atoms with Gasteiger partial charge < -0.3 is 10.1 Å². The van der Waals surface area contributed by atoms with Crippen molar-refractivity contribution in [3.05, 3.63) is 63.7 Å². The number of carbonyl (C=O) groups is 2. The molecule has 0 fully saturated rings. The third-order valence-corrected chi connectivity index (χ3v) is 3.67. The average molecular weight is 410 g/mol. The molecule has 1 atom stereocenters. The molecule has 5 nitrogen and oxygen atoms in total. The molecule has 0 bridgehead atoms. The Balaban J connectivity index is 1.87. The number of pyridine rings is 1. The van der Waals surface area contributed by atoms with Gasteiger partial charge in [0.15, 0.2) is 6.10 Å². The number of esters is 1. The van der Waals surface area contributed by atoms with Crippen molar-refractivity contribution in [1.29, 1.82) is 0 Å². The first kappa shape index (κ1) is 18.2. The summed E-state index contributed by atoms with van der Waals surface area (Å²) in [6.07, 6.45) is 3.34. The minimum atomic E-state index is -0.954. The van der Waals surface area contributed by atoms with Gasteiger partial charge in [0.25, 0.3) is 5.91 Å². The van der Waals surface area contributed by atoms with Crippen molar-refractivity contribution in [1.82, 2.24) is 4.98 Å². The predicted molar refractivity (Wildman–Crippen MR) is 96.6 cm³/mol. The molecule has 1 N–H and O–H groups in total. The Bertz CT molecular complexity index is 745. The van der Waals surface area contributed by atoms with E-state index in [9.17, 15) is 9.59 Å². The molecule has 2 rings (SSSR count). The first-order valence-corrected chi connectivity index (χ1v) is 8.18. The van der Waals surface area contributed by atoms with Gasteiger partial charge in [-0.05, 0) is 42.8 Å². The van der Waals surface area contributed by atoms with E-state index in [-0.39, 0.29) is 0 Å². The van der Waals surface area contributed by atoms with Gasteiger partial charge in [-0.3, -0.25) is 4.79 Å². The van der Waals surface area contributed by atoms with E-state index in [1.165, 1.54) is 19.2 Å². The Kier molecular flexibility index (Phi) is 6.52. The number of nitrogens with one attached hydrogen (secondary N) is 1. The van der Waals surface area contributed by atoms with Gasteiger partial charge in [0.2, 0.25) is 0 Å². The molecule has 1 heterocycles. The minimum absolute atomic E-state index is 0.331. The smallest absolute Gasteiger partial charge is 0.331 e. The molecule has 0 spiro atoms. The number of halogens is 2. The second-order valence-electron chi connectivity index (χ2n) is 4.81. The molecule has 7 heteroatoms. The molecule has 24 heavy (non-hydrogen) atoms. The first-order valence-electron chi connectivity index (χ1n) is 7.01. The fraction of sp³-hybridized carbons (Fsp3) is 0.118. The molecule has 0 radical (unpaired) electrons. The molecular weight excluding hydrogens is 396 g/mol. The summed E-state index contributed by atoms with van der Waals surface area (Å²) < 4.78 is 6.00. The number of anilines is 1. The van der Waals surface area contributed by atoms with Gasteiger partial charge >= 0.3 is 5.97 Å². The van der Waals surface area contributed by atoms with Crippen molar-refractivity contribution in [3.63, 3.8) is 0 Å². The number of carbonyl (C=O) groups excluding carboxylic acids is 2. The number of aromatic nitrogens is 1. The maximum Gasteiger partial charge on any atom is 0.331 e. The van der Waals surface area contributed by atoms with Crippen LogP contribution in [-0.4, -0.2) is 23.0 Å². The second kappa shape index (κ2) is 8.61. The zero-order valence-electron chi connectivity index (χ0n) is 12.7. The number of hydrogen-bond acceptors (Lipinski definition) is 4. The molecule has 1 aromatic carbocycles. The van der Waals surface area contributed by atoms with Crippen LogP contribution in [-0.2, 0) is 14.3 Å². The average Bonchev–Trinajstić information content (AvgIpc) is 2.56. The zero-order valence-corrected chi connectivity index (χ0v) is 15.0. The van der Waals surface area contributed by atoms with Gasteiger partial charge in [-0.15, -0.1) is 0 Å². The summed E-state index contributed by atoms with van der Waals surface area (Å²) >= 11 is 9.05. The van der Waals surface area contributed by atoms with Crippen molar-refractivity contribution >= 4 is 51.3 Å². The number of rotatable bonds is 5. The van der Waals surface area contributed by atoms with Crippen LogP contribution in [0, 0.1) is 0 Å². The van der Waals surface area contributed by atoms with Crippen molar-refractivity contribution < 1.29 is 14.3 Å². The standard InChI is InChI=1S/C17H14BrClN2O3/c1-11(17(23)21-15-8-7-14(19)10-20-15)24-16(22)9-4-12-2-5-13(18)6-3-12/h2-11H,1H3,(H,20,21,23)/b9-4+/t11-/m0/s1. The van der Waals surface area contributed by atoms with Gasteiger partial charge in [-0.1, -0.05) is 39.7 Å². The Labute approximate surface area is 152 Å². The van der Waals surface area contributed by atoms with Crippen LogP contribution in [0.4, 0.5) is 5.82 Å². The van der Waals surface area contributed by atoms with Crippen molar-refractivity contribution in [3.8, 4) is 0 Å². The summed E-state index contributed by atoms with van der Waals surface area (Å²) in [5, 5.41) is 3.00. The van der Waals surface area contributed by atoms with Crippen LogP contribution in [0.3, 0.4) is 0 Å². The highest BCUT2D eigenvalue weighted by Crippen LogP contribution is 2.12. The molecule has 0 aliphatic heterocycles. The summed E-state index contributed by atoms with van der Waals surface area (Å²) in [5.41, 5.74) is 0.845. The molecule has 1 amide bonds. The lowest BCUT2D eigenvalue weighted by molar-refractivity contribution is -0.148. The molecular formula is C17H14BrClN2O3. The monoisotopic (exact) mass is 408 g/mol. The van der Waals surface area contributed by atoms with Gasteiger partial charge in [0.1, 0.15) is 5.82 Å². The molecule has 0 aliphatic carbocycles. The molecule has 2 aromatic rings. The van der Waals surface area contributed by atoms with E-state index in [2.05, 4.69) is 26.2 Å². The molecule has 1 aromatic heterocycles. The summed E-state index contributed by atoms with van der Waals surface area (Å²) in [5.74, 6) is -0.752. The first-order chi connectivity index (χ1) is 11.4. The Hall–Kier alpha value is -2.18. The van der Waals surface area contributed by atoms with E-state index < -0.39 is 18.0 Å². The van der Waals surface area contributed by atoms with Crippen LogP contribution in [0.15, 0.2) is 53.1 Å². The van der Waals surface area contributed by atoms with E-state index in [0.717, 1.165) is 10.0 Å². The van der Waals surface area contributed by atoms with Crippen LogP contribution in [0.5, 0.6) is 0 Å². The lowest BCUT2D eigenvalue weighted by Crippen LogP contribution is -2.29. The van der Waals surface area contributed by atoms with Crippen LogP contribution < -0.4 is 5.32 Å². The number of hydrogen-bond donors (Lipinski definition) is 1. The van der Waals surface area contributed by atoms with Gasteiger partial charge in [-0.2, -0.15) is 0 Å². The normalized spacial score (nSPS) is 12.0. The van der Waals surface area contributed by atoms with Crippen LogP contribution in [0.25, 0.3) is 6.08 Å². The maximum absolute atomic E-state index is 12.0. The highest BCUT2D eigenvalue weighted by atomic mass is 79.9. The Morgan fingerprint density at radius 3 is 2.58 bits per heavy atom. The highest BCUT2D eigenvalue weighted by Gasteiger charge is 2.17. The predicted octanol–water partition coefficient (Wildman–Crippen LogP) is 4.08. The van der Waals surface area contributed by atoms with E-state index in [1.54, 1.807) is 18.2 Å². The quantitative estimate of drug-likeness (QED) is 0.597. The van der Waals surface area contributed by atoms with Crippen LogP contribution in [0.2, 0.25) is 5.02 Å². The highest BCUT2D eigenvalue weighted by molar-refractivity contribution is 9.10. The lowest BCUT2D eigenvalue weighted by atomic mass is 10.2. The van der Waals surface area contributed by atoms with Gasteiger partial charge in [0.05, 0.1) is 5.02 Å². The number of amides is 1. The summed E-state index contributed by atoms with van der Waals surface area (Å²) in [6, 6.07) is 10.6. The summed E-state index contributed by atoms with van der Waals surface area (Å²) in [4.78, 5) is 27.7.